The molecule has 1 aromatic heterocycles. The van der Waals surface area contributed by atoms with Crippen molar-refractivity contribution in [3.05, 3.63) is 114 Å². The quantitative estimate of drug-likeness (QED) is 0.167. The van der Waals surface area contributed by atoms with Gasteiger partial charge in [0.25, 0.3) is 0 Å². The van der Waals surface area contributed by atoms with Crippen LogP contribution >= 0.6 is 0 Å². The SMILES string of the molecule is CCOC(=O)c1cnc(-c2cc(OCc3ccccc3)cc3ccccc23)c(F)c1NCc1ccc(OC)cc1OC. The molecule has 4 aromatic carbocycles. The molecule has 8 heteroatoms. The van der Waals surface area contributed by atoms with Crippen LogP contribution in [0.2, 0.25) is 0 Å². The lowest BCUT2D eigenvalue weighted by Crippen LogP contribution is -2.13. The van der Waals surface area contributed by atoms with Gasteiger partial charge >= 0.3 is 5.97 Å². The largest absolute Gasteiger partial charge is 0.497 e. The first-order valence-electron chi connectivity index (χ1n) is 13.5. The minimum Gasteiger partial charge on any atom is -0.497 e. The van der Waals surface area contributed by atoms with Gasteiger partial charge in [-0.25, -0.2) is 9.18 Å². The van der Waals surface area contributed by atoms with E-state index < -0.39 is 11.8 Å². The zero-order valence-electron chi connectivity index (χ0n) is 23.6. The number of anilines is 1. The number of hydrogen-bond donors (Lipinski definition) is 1. The fourth-order valence-electron chi connectivity index (χ4n) is 4.70. The molecule has 5 aromatic rings. The Labute approximate surface area is 243 Å². The van der Waals surface area contributed by atoms with Crippen molar-refractivity contribution in [2.24, 2.45) is 0 Å². The third-order valence-corrected chi connectivity index (χ3v) is 6.80. The summed E-state index contributed by atoms with van der Waals surface area (Å²) >= 11 is 0. The number of nitrogens with zero attached hydrogens (tertiary/aromatic N) is 1. The lowest BCUT2D eigenvalue weighted by Gasteiger charge is -2.17. The first-order chi connectivity index (χ1) is 20.5. The van der Waals surface area contributed by atoms with Crippen LogP contribution in [-0.4, -0.2) is 31.8 Å². The molecule has 1 N–H and O–H groups in total. The molecule has 0 fully saturated rings. The first kappa shape index (κ1) is 28.4. The minimum atomic E-state index is -0.682. The maximum absolute atomic E-state index is 16.5. The number of carbonyl (C=O) groups is 1. The molecular weight excluding hydrogens is 535 g/mol. The number of halogens is 1. The molecule has 1 heterocycles. The van der Waals surface area contributed by atoms with E-state index in [0.717, 1.165) is 21.9 Å². The standard InChI is InChI=1S/C34H31FN2O5/c1-4-41-34(38)29-20-37-32(31(35)33(29)36-19-24-14-15-25(39-2)18-30(24)40-3)28-17-26(16-23-12-8-9-13-27(23)28)42-21-22-10-6-5-7-11-22/h5-18,20H,4,19,21H2,1-3H3,(H,36,37). The zero-order chi connectivity index (χ0) is 29.5. The van der Waals surface area contributed by atoms with E-state index in [1.807, 2.05) is 66.7 Å². The molecule has 7 nitrogen and oxygen atoms in total. The Morgan fingerprint density at radius 1 is 0.905 bits per heavy atom. The molecule has 0 bridgehead atoms. The Morgan fingerprint density at radius 3 is 2.45 bits per heavy atom. The van der Waals surface area contributed by atoms with E-state index in [9.17, 15) is 4.79 Å². The molecule has 5 rings (SSSR count). The Hall–Kier alpha value is -5.11. The van der Waals surface area contributed by atoms with E-state index in [-0.39, 0.29) is 30.1 Å². The third-order valence-electron chi connectivity index (χ3n) is 6.80. The van der Waals surface area contributed by atoms with Crippen molar-refractivity contribution in [1.29, 1.82) is 0 Å². The monoisotopic (exact) mass is 566 g/mol. The summed E-state index contributed by atoms with van der Waals surface area (Å²) in [6.07, 6.45) is 1.34. The Balaban J connectivity index is 1.57. The molecule has 214 valence electrons. The number of benzene rings is 4. The summed E-state index contributed by atoms with van der Waals surface area (Å²) in [5.41, 5.74) is 2.34. The fraction of sp³-hybridized carbons (Fsp3) is 0.176. The zero-order valence-corrected chi connectivity index (χ0v) is 23.6. The lowest BCUT2D eigenvalue weighted by molar-refractivity contribution is 0.0526. The van der Waals surface area contributed by atoms with E-state index in [1.54, 1.807) is 39.3 Å². The van der Waals surface area contributed by atoms with Gasteiger partial charge in [-0.1, -0.05) is 54.6 Å². The second-order valence-corrected chi connectivity index (χ2v) is 9.43. The maximum atomic E-state index is 16.5. The second kappa shape index (κ2) is 13.0. The van der Waals surface area contributed by atoms with Crippen molar-refractivity contribution >= 4 is 22.4 Å². The molecule has 0 saturated heterocycles. The first-order valence-corrected chi connectivity index (χ1v) is 13.5. The van der Waals surface area contributed by atoms with E-state index >= 15 is 4.39 Å². The molecule has 0 saturated carbocycles. The van der Waals surface area contributed by atoms with Crippen molar-refractivity contribution in [1.82, 2.24) is 4.98 Å². The summed E-state index contributed by atoms with van der Waals surface area (Å²) in [6, 6.07) is 26.5. The van der Waals surface area contributed by atoms with Crippen LogP contribution in [-0.2, 0) is 17.9 Å². The van der Waals surface area contributed by atoms with Crippen LogP contribution in [0, 0.1) is 5.82 Å². The molecule has 0 aliphatic heterocycles. The second-order valence-electron chi connectivity index (χ2n) is 9.43. The number of aromatic nitrogens is 1. The summed E-state index contributed by atoms with van der Waals surface area (Å²) in [7, 11) is 3.11. The highest BCUT2D eigenvalue weighted by molar-refractivity contribution is 6.00. The average molecular weight is 567 g/mol. The molecular formula is C34H31FN2O5. The van der Waals surface area contributed by atoms with Crippen LogP contribution < -0.4 is 19.5 Å². The van der Waals surface area contributed by atoms with Gasteiger partial charge in [-0.2, -0.15) is 0 Å². The van der Waals surface area contributed by atoms with Crippen molar-refractivity contribution in [2.75, 3.05) is 26.1 Å². The molecule has 0 aliphatic carbocycles. The van der Waals surface area contributed by atoms with Gasteiger partial charge in [-0.05, 0) is 47.5 Å². The molecule has 0 amide bonds. The predicted molar refractivity (Wildman–Crippen MR) is 161 cm³/mol. The normalized spacial score (nSPS) is 10.8. The fourth-order valence-corrected chi connectivity index (χ4v) is 4.70. The Kier molecular flexibility index (Phi) is 8.82. The van der Waals surface area contributed by atoms with Crippen LogP contribution in [0.5, 0.6) is 17.2 Å². The van der Waals surface area contributed by atoms with E-state index in [1.165, 1.54) is 6.20 Å². The number of methoxy groups -OCH3 is 2. The highest BCUT2D eigenvalue weighted by atomic mass is 19.1. The number of hydrogen-bond acceptors (Lipinski definition) is 7. The Bertz CT molecular complexity index is 1710. The summed E-state index contributed by atoms with van der Waals surface area (Å²) < 4.78 is 38.6. The van der Waals surface area contributed by atoms with Gasteiger partial charge in [0.2, 0.25) is 0 Å². The minimum absolute atomic E-state index is 0.00799. The summed E-state index contributed by atoms with van der Waals surface area (Å²) in [4.78, 5) is 17.3. The molecule has 42 heavy (non-hydrogen) atoms. The van der Waals surface area contributed by atoms with Gasteiger partial charge in [-0.15, -0.1) is 0 Å². The smallest absolute Gasteiger partial charge is 0.341 e. The van der Waals surface area contributed by atoms with E-state index in [0.29, 0.717) is 29.4 Å². The van der Waals surface area contributed by atoms with Gasteiger partial charge in [0, 0.05) is 29.9 Å². The number of carbonyl (C=O) groups excluding carboxylic acids is 1. The van der Waals surface area contributed by atoms with Crippen molar-refractivity contribution in [2.45, 2.75) is 20.1 Å². The van der Waals surface area contributed by atoms with Gasteiger partial charge in [0.15, 0.2) is 5.82 Å². The van der Waals surface area contributed by atoms with Crippen LogP contribution in [0.1, 0.15) is 28.4 Å². The molecule has 0 radical (unpaired) electrons. The summed E-state index contributed by atoms with van der Waals surface area (Å²) in [6.45, 7) is 2.35. The predicted octanol–water partition coefficient (Wildman–Crippen LogP) is 7.43. The number of ether oxygens (including phenoxy) is 4. The van der Waals surface area contributed by atoms with Gasteiger partial charge in [0.05, 0.1) is 26.5 Å². The number of nitrogens with one attached hydrogen (secondary N) is 1. The Morgan fingerprint density at radius 2 is 1.69 bits per heavy atom. The van der Waals surface area contributed by atoms with Crippen molar-refractivity contribution < 1.29 is 28.1 Å². The molecule has 0 aliphatic rings. The van der Waals surface area contributed by atoms with Gasteiger partial charge in [0.1, 0.15) is 35.1 Å². The van der Waals surface area contributed by atoms with E-state index in [4.69, 9.17) is 18.9 Å². The number of pyridine rings is 1. The van der Waals surface area contributed by atoms with Crippen LogP contribution in [0.4, 0.5) is 10.1 Å². The number of esters is 1. The van der Waals surface area contributed by atoms with Crippen LogP contribution in [0.3, 0.4) is 0 Å². The number of rotatable bonds is 11. The molecule has 0 atom stereocenters. The third kappa shape index (κ3) is 6.12. The van der Waals surface area contributed by atoms with Gasteiger partial charge < -0.3 is 24.3 Å². The molecule has 0 unspecified atom stereocenters. The lowest BCUT2D eigenvalue weighted by atomic mass is 9.99. The van der Waals surface area contributed by atoms with Gasteiger partial charge in [-0.3, -0.25) is 4.98 Å². The van der Waals surface area contributed by atoms with Crippen LogP contribution in [0.15, 0.2) is 91.1 Å². The van der Waals surface area contributed by atoms with Crippen molar-refractivity contribution in [3.8, 4) is 28.5 Å². The van der Waals surface area contributed by atoms with E-state index in [2.05, 4.69) is 10.3 Å². The summed E-state index contributed by atoms with van der Waals surface area (Å²) in [5, 5.41) is 4.76. The van der Waals surface area contributed by atoms with Crippen molar-refractivity contribution in [3.63, 3.8) is 0 Å². The highest BCUT2D eigenvalue weighted by Crippen LogP contribution is 2.37. The summed E-state index contributed by atoms with van der Waals surface area (Å²) in [5.74, 6) is 0.397. The topological polar surface area (TPSA) is 78.9 Å². The average Bonchev–Trinajstić information content (AvgIpc) is 3.03. The maximum Gasteiger partial charge on any atom is 0.341 e. The van der Waals surface area contributed by atoms with Crippen LogP contribution in [0.25, 0.3) is 22.0 Å². The number of fused-ring (bicyclic) bond motifs is 1. The molecule has 0 spiro atoms. The highest BCUT2D eigenvalue weighted by Gasteiger charge is 2.23.